The Morgan fingerprint density at radius 2 is 1.92 bits per heavy atom. The number of sulfonamides is 1. The molecule has 0 spiro atoms. The molecule has 1 aromatic carbocycles. The lowest BCUT2D eigenvalue weighted by Gasteiger charge is -2.31. The molecule has 26 heavy (non-hydrogen) atoms. The molecule has 1 N–H and O–H groups in total. The van der Waals surface area contributed by atoms with E-state index in [4.69, 9.17) is 0 Å². The number of aromatic nitrogens is 3. The Bertz CT molecular complexity index is 876. The van der Waals surface area contributed by atoms with Crippen molar-refractivity contribution in [1.82, 2.24) is 19.7 Å². The van der Waals surface area contributed by atoms with Crippen LogP contribution in [0.2, 0.25) is 0 Å². The minimum Gasteiger partial charge on any atom is -0.464 e. The SMILES string of the molecule is COC(=O)c1cn([C@H]2CCCC[C@H]2NS(=O)(=O)c2ccc(C)cc2)nn1. The number of nitrogens with one attached hydrogen (secondary N) is 1. The van der Waals surface area contributed by atoms with Crippen LogP contribution in [0.15, 0.2) is 35.4 Å². The third-order valence-corrected chi connectivity index (χ3v) is 6.12. The lowest BCUT2D eigenvalue weighted by atomic mass is 9.91. The molecule has 2 aromatic rings. The summed E-state index contributed by atoms with van der Waals surface area (Å²) < 4.78 is 34.4. The van der Waals surface area contributed by atoms with Gasteiger partial charge in [0.1, 0.15) is 0 Å². The smallest absolute Gasteiger partial charge is 0.360 e. The van der Waals surface area contributed by atoms with Gasteiger partial charge in [0.2, 0.25) is 10.0 Å². The van der Waals surface area contributed by atoms with Crippen molar-refractivity contribution >= 4 is 16.0 Å². The van der Waals surface area contributed by atoms with Crippen molar-refractivity contribution in [2.75, 3.05) is 7.11 Å². The first-order valence-corrected chi connectivity index (χ1v) is 9.98. The van der Waals surface area contributed by atoms with Crippen molar-refractivity contribution in [3.8, 4) is 0 Å². The zero-order chi connectivity index (χ0) is 18.7. The second-order valence-electron chi connectivity index (χ2n) is 6.47. The first kappa shape index (κ1) is 18.5. The molecule has 0 unspecified atom stereocenters. The number of hydrogen-bond acceptors (Lipinski definition) is 6. The van der Waals surface area contributed by atoms with Gasteiger partial charge in [0.15, 0.2) is 5.69 Å². The fourth-order valence-corrected chi connectivity index (χ4v) is 4.49. The molecule has 9 heteroatoms. The highest BCUT2D eigenvalue weighted by Gasteiger charge is 2.32. The van der Waals surface area contributed by atoms with Crippen LogP contribution in [0.3, 0.4) is 0 Å². The van der Waals surface area contributed by atoms with E-state index in [0.717, 1.165) is 24.8 Å². The van der Waals surface area contributed by atoms with E-state index in [1.165, 1.54) is 13.3 Å². The van der Waals surface area contributed by atoms with Gasteiger partial charge in [-0.2, -0.15) is 0 Å². The predicted octanol–water partition coefficient (Wildman–Crippen LogP) is 1.84. The number of aryl methyl sites for hydroxylation is 1. The third-order valence-electron chi connectivity index (χ3n) is 4.61. The van der Waals surface area contributed by atoms with E-state index in [9.17, 15) is 13.2 Å². The van der Waals surface area contributed by atoms with Crippen LogP contribution < -0.4 is 4.72 Å². The number of ether oxygens (including phenoxy) is 1. The average Bonchev–Trinajstić information content (AvgIpc) is 3.11. The quantitative estimate of drug-likeness (QED) is 0.796. The largest absolute Gasteiger partial charge is 0.464 e. The van der Waals surface area contributed by atoms with Crippen LogP contribution in [0, 0.1) is 6.92 Å². The van der Waals surface area contributed by atoms with Crippen LogP contribution in [0.5, 0.6) is 0 Å². The summed E-state index contributed by atoms with van der Waals surface area (Å²) >= 11 is 0. The molecule has 1 aliphatic carbocycles. The molecule has 0 aliphatic heterocycles. The van der Waals surface area contributed by atoms with Crippen molar-refractivity contribution in [2.24, 2.45) is 0 Å². The monoisotopic (exact) mass is 378 g/mol. The first-order valence-electron chi connectivity index (χ1n) is 8.50. The van der Waals surface area contributed by atoms with Gasteiger partial charge < -0.3 is 4.74 Å². The fraction of sp³-hybridized carbons (Fsp3) is 0.471. The Labute approximate surface area is 152 Å². The molecule has 140 valence electrons. The molecule has 1 heterocycles. The third kappa shape index (κ3) is 3.94. The number of methoxy groups -OCH3 is 1. The van der Waals surface area contributed by atoms with E-state index >= 15 is 0 Å². The summed E-state index contributed by atoms with van der Waals surface area (Å²) in [5.74, 6) is -0.566. The predicted molar refractivity (Wildman–Crippen MR) is 94.2 cm³/mol. The van der Waals surface area contributed by atoms with Crippen LogP contribution >= 0.6 is 0 Å². The van der Waals surface area contributed by atoms with Crippen molar-refractivity contribution < 1.29 is 17.9 Å². The molecule has 1 aromatic heterocycles. The van der Waals surface area contributed by atoms with Crippen molar-refractivity contribution in [2.45, 2.75) is 49.6 Å². The van der Waals surface area contributed by atoms with Gasteiger partial charge in [-0.05, 0) is 31.9 Å². The molecule has 1 fully saturated rings. The van der Waals surface area contributed by atoms with Crippen LogP contribution in [0.1, 0.15) is 47.8 Å². The van der Waals surface area contributed by atoms with Crippen molar-refractivity contribution in [3.05, 3.63) is 41.7 Å². The fourth-order valence-electron chi connectivity index (χ4n) is 3.19. The Morgan fingerprint density at radius 3 is 2.62 bits per heavy atom. The maximum Gasteiger partial charge on any atom is 0.360 e. The van der Waals surface area contributed by atoms with Crippen molar-refractivity contribution in [3.63, 3.8) is 0 Å². The van der Waals surface area contributed by atoms with E-state index in [0.29, 0.717) is 6.42 Å². The minimum absolute atomic E-state index is 0.109. The van der Waals surface area contributed by atoms with Crippen LogP contribution in [0.4, 0.5) is 0 Å². The number of benzene rings is 1. The van der Waals surface area contributed by atoms with Crippen molar-refractivity contribution in [1.29, 1.82) is 0 Å². The van der Waals surface area contributed by atoms with Gasteiger partial charge in [-0.1, -0.05) is 35.8 Å². The zero-order valence-corrected chi connectivity index (χ0v) is 15.6. The molecule has 0 radical (unpaired) electrons. The molecule has 1 aliphatic rings. The summed E-state index contributed by atoms with van der Waals surface area (Å²) in [6, 6.07) is 6.22. The molecule has 0 saturated heterocycles. The molecular formula is C17H22N4O4S. The number of carbonyl (C=O) groups excluding carboxylic acids is 1. The highest BCUT2D eigenvalue weighted by Crippen LogP contribution is 2.29. The van der Waals surface area contributed by atoms with E-state index in [-0.39, 0.29) is 22.7 Å². The summed E-state index contributed by atoms with van der Waals surface area (Å²) in [5, 5.41) is 7.83. The second-order valence-corrected chi connectivity index (χ2v) is 8.18. The van der Waals surface area contributed by atoms with Gasteiger partial charge in [-0.25, -0.2) is 22.6 Å². The minimum atomic E-state index is -3.63. The summed E-state index contributed by atoms with van der Waals surface area (Å²) in [5.41, 5.74) is 1.11. The molecule has 3 rings (SSSR count). The Kier molecular flexibility index (Phi) is 5.38. The normalized spacial score (nSPS) is 20.7. The highest BCUT2D eigenvalue weighted by atomic mass is 32.2. The molecule has 1 saturated carbocycles. The Balaban J connectivity index is 1.82. The van der Waals surface area contributed by atoms with Gasteiger partial charge in [-0.15, -0.1) is 5.10 Å². The number of hydrogen-bond donors (Lipinski definition) is 1. The molecule has 8 nitrogen and oxygen atoms in total. The van der Waals surface area contributed by atoms with Crippen LogP contribution in [-0.4, -0.2) is 42.5 Å². The standard InChI is InChI=1S/C17H22N4O4S/c1-12-7-9-13(10-8-12)26(23,24)19-14-5-3-4-6-16(14)21-11-15(18-20-21)17(22)25-2/h7-11,14,16,19H,3-6H2,1-2H3/t14-,16+/m1/s1. The van der Waals surface area contributed by atoms with Gasteiger partial charge in [0.05, 0.1) is 24.2 Å². The van der Waals surface area contributed by atoms with Crippen LogP contribution in [0.25, 0.3) is 0 Å². The number of carbonyl (C=O) groups is 1. The second kappa shape index (κ2) is 7.55. The number of nitrogens with zero attached hydrogens (tertiary/aromatic N) is 3. The van der Waals surface area contributed by atoms with Gasteiger partial charge >= 0.3 is 5.97 Å². The van der Waals surface area contributed by atoms with E-state index in [2.05, 4.69) is 19.8 Å². The molecule has 0 amide bonds. The number of esters is 1. The summed E-state index contributed by atoms with van der Waals surface area (Å²) in [6.45, 7) is 1.91. The van der Waals surface area contributed by atoms with Gasteiger partial charge in [-0.3, -0.25) is 0 Å². The molecule has 0 bridgehead atoms. The molecule has 2 atom stereocenters. The lowest BCUT2D eigenvalue weighted by molar-refractivity contribution is 0.0594. The topological polar surface area (TPSA) is 103 Å². The van der Waals surface area contributed by atoms with E-state index in [1.54, 1.807) is 28.9 Å². The lowest BCUT2D eigenvalue weighted by Crippen LogP contribution is -2.43. The average molecular weight is 378 g/mol. The Hall–Kier alpha value is -2.26. The summed E-state index contributed by atoms with van der Waals surface area (Å²) in [7, 11) is -2.36. The van der Waals surface area contributed by atoms with Crippen LogP contribution in [-0.2, 0) is 14.8 Å². The molecular weight excluding hydrogens is 356 g/mol. The maximum absolute atomic E-state index is 12.7. The summed E-state index contributed by atoms with van der Waals surface area (Å²) in [4.78, 5) is 11.8. The summed E-state index contributed by atoms with van der Waals surface area (Å²) in [6.07, 6.45) is 4.85. The number of rotatable bonds is 5. The highest BCUT2D eigenvalue weighted by molar-refractivity contribution is 7.89. The zero-order valence-electron chi connectivity index (χ0n) is 14.8. The first-order chi connectivity index (χ1) is 12.4. The van der Waals surface area contributed by atoms with Gasteiger partial charge in [0.25, 0.3) is 0 Å². The van der Waals surface area contributed by atoms with Gasteiger partial charge in [0, 0.05) is 6.04 Å². The Morgan fingerprint density at radius 1 is 1.23 bits per heavy atom. The maximum atomic E-state index is 12.7. The van der Waals surface area contributed by atoms with E-state index in [1.807, 2.05) is 6.92 Å². The van der Waals surface area contributed by atoms with E-state index < -0.39 is 16.0 Å².